The van der Waals surface area contributed by atoms with Gasteiger partial charge in [0.15, 0.2) is 17.2 Å². The van der Waals surface area contributed by atoms with Gasteiger partial charge in [0.25, 0.3) is 5.91 Å². The average Bonchev–Trinajstić information content (AvgIpc) is 3.27. The maximum Gasteiger partial charge on any atom is 0.277 e. The van der Waals surface area contributed by atoms with Crippen LogP contribution in [0, 0.1) is 0 Å². The monoisotopic (exact) mass is 393 g/mol. The smallest absolute Gasteiger partial charge is 0.277 e. The third-order valence-electron chi connectivity index (χ3n) is 4.83. The van der Waals surface area contributed by atoms with Crippen molar-refractivity contribution in [2.24, 2.45) is 0 Å². The molecule has 0 aliphatic carbocycles. The molecule has 0 bridgehead atoms. The van der Waals surface area contributed by atoms with Gasteiger partial charge in [-0.3, -0.25) is 4.79 Å². The molecule has 2 heterocycles. The van der Waals surface area contributed by atoms with Crippen molar-refractivity contribution in [1.29, 1.82) is 0 Å². The van der Waals surface area contributed by atoms with Gasteiger partial charge in [0, 0.05) is 5.69 Å². The molecule has 0 saturated carbocycles. The number of carbonyl (C=O) groups excluding carboxylic acids is 1. The molecule has 2 N–H and O–H groups in total. The second-order valence-corrected chi connectivity index (χ2v) is 6.80. The summed E-state index contributed by atoms with van der Waals surface area (Å²) >= 11 is 0. The van der Waals surface area contributed by atoms with Crippen LogP contribution in [0.3, 0.4) is 0 Å². The number of piperidine rings is 1. The third kappa shape index (κ3) is 4.55. The van der Waals surface area contributed by atoms with Gasteiger partial charge in [-0.25, -0.2) is 4.68 Å². The minimum atomic E-state index is -0.288. The van der Waals surface area contributed by atoms with Gasteiger partial charge >= 0.3 is 0 Å². The fourth-order valence-corrected chi connectivity index (χ4v) is 3.26. The summed E-state index contributed by atoms with van der Waals surface area (Å²) in [6.45, 7) is 1.91. The minimum absolute atomic E-state index is 0.288. The Balaban J connectivity index is 1.38. The topological polar surface area (TPSA) is 90.3 Å². The van der Waals surface area contributed by atoms with Crippen molar-refractivity contribution in [3.05, 3.63) is 60.4 Å². The number of hydrogen-bond acceptors (Lipinski definition) is 6. The zero-order valence-electron chi connectivity index (χ0n) is 16.2. The number of anilines is 1. The molecule has 1 saturated heterocycles. The predicted molar refractivity (Wildman–Crippen MR) is 109 cm³/mol. The van der Waals surface area contributed by atoms with E-state index in [9.17, 15) is 4.79 Å². The highest BCUT2D eigenvalue weighted by atomic mass is 16.5. The molecule has 1 aliphatic heterocycles. The van der Waals surface area contributed by atoms with Crippen molar-refractivity contribution in [3.63, 3.8) is 0 Å². The quantitative estimate of drug-likeness (QED) is 0.668. The van der Waals surface area contributed by atoms with E-state index in [-0.39, 0.29) is 11.9 Å². The summed E-state index contributed by atoms with van der Waals surface area (Å²) in [5, 5.41) is 14.3. The Kier molecular flexibility index (Phi) is 5.71. The summed E-state index contributed by atoms with van der Waals surface area (Å²) in [5.41, 5.74) is 0.955. The maximum absolute atomic E-state index is 12.5. The van der Waals surface area contributed by atoms with E-state index in [4.69, 9.17) is 9.47 Å². The van der Waals surface area contributed by atoms with Gasteiger partial charge in [0.05, 0.1) is 19.3 Å². The molecule has 1 aromatic heterocycles. The molecule has 29 heavy (non-hydrogen) atoms. The molecule has 2 aromatic carbocycles. The van der Waals surface area contributed by atoms with Gasteiger partial charge in [-0.05, 0) is 62.3 Å². The highest BCUT2D eigenvalue weighted by Gasteiger charge is 2.18. The third-order valence-corrected chi connectivity index (χ3v) is 4.83. The zero-order valence-corrected chi connectivity index (χ0v) is 16.2. The molecule has 1 amide bonds. The molecule has 3 aromatic rings. The number of ether oxygens (including phenoxy) is 2. The highest BCUT2D eigenvalue weighted by Crippen LogP contribution is 2.31. The lowest BCUT2D eigenvalue weighted by Crippen LogP contribution is -2.29. The summed E-state index contributed by atoms with van der Waals surface area (Å²) in [6, 6.07) is 14.8. The van der Waals surface area contributed by atoms with E-state index in [0.29, 0.717) is 28.6 Å². The van der Waals surface area contributed by atoms with Crippen LogP contribution in [0.5, 0.6) is 17.2 Å². The van der Waals surface area contributed by atoms with E-state index in [2.05, 4.69) is 20.9 Å². The Labute approximate surface area is 168 Å². The van der Waals surface area contributed by atoms with E-state index < -0.39 is 0 Å². The van der Waals surface area contributed by atoms with Crippen molar-refractivity contribution < 1.29 is 14.3 Å². The van der Waals surface area contributed by atoms with Crippen LogP contribution in [0.2, 0.25) is 0 Å². The van der Waals surface area contributed by atoms with Gasteiger partial charge in [0.1, 0.15) is 5.75 Å². The van der Waals surface area contributed by atoms with E-state index in [1.165, 1.54) is 0 Å². The summed E-state index contributed by atoms with van der Waals surface area (Å²) in [7, 11) is 1.60. The van der Waals surface area contributed by atoms with Gasteiger partial charge in [-0.2, -0.15) is 0 Å². The van der Waals surface area contributed by atoms with Gasteiger partial charge < -0.3 is 20.1 Å². The zero-order chi connectivity index (χ0) is 20.1. The van der Waals surface area contributed by atoms with Crippen LogP contribution in [-0.2, 0) is 0 Å². The standard InChI is InChI=1S/C21H23N5O3/c1-28-19-4-2-3-5-20(19)29-17-8-6-15(7-9-17)23-21(27)18-14-26(25-24-18)16-10-12-22-13-11-16/h2-9,14,16,22H,10-13H2,1H3,(H,23,27). The average molecular weight is 393 g/mol. The van der Waals surface area contributed by atoms with E-state index >= 15 is 0 Å². The van der Waals surface area contributed by atoms with Crippen molar-refractivity contribution in [1.82, 2.24) is 20.3 Å². The molecule has 0 atom stereocenters. The Bertz CT molecular complexity index is 964. The van der Waals surface area contributed by atoms with Crippen LogP contribution in [0.1, 0.15) is 29.4 Å². The van der Waals surface area contributed by atoms with Crippen molar-refractivity contribution in [2.75, 3.05) is 25.5 Å². The first-order valence-electron chi connectivity index (χ1n) is 9.58. The number of aromatic nitrogens is 3. The van der Waals surface area contributed by atoms with E-state index in [1.54, 1.807) is 42.3 Å². The summed E-state index contributed by atoms with van der Waals surface area (Å²) < 4.78 is 12.9. The first-order valence-corrected chi connectivity index (χ1v) is 9.58. The number of para-hydroxylation sites is 2. The normalized spacial score (nSPS) is 14.4. The molecule has 0 unspecified atom stereocenters. The van der Waals surface area contributed by atoms with Gasteiger partial charge in [0.2, 0.25) is 0 Å². The first kappa shape index (κ1) is 18.9. The Morgan fingerprint density at radius 1 is 1.10 bits per heavy atom. The first-order chi connectivity index (χ1) is 14.2. The van der Waals surface area contributed by atoms with Gasteiger partial charge in [-0.15, -0.1) is 5.10 Å². The van der Waals surface area contributed by atoms with Crippen molar-refractivity contribution >= 4 is 11.6 Å². The molecule has 1 fully saturated rings. The summed E-state index contributed by atoms with van der Waals surface area (Å²) in [6.07, 6.45) is 3.68. The number of nitrogens with one attached hydrogen (secondary N) is 2. The molecular weight excluding hydrogens is 370 g/mol. The van der Waals surface area contributed by atoms with Crippen LogP contribution in [0.15, 0.2) is 54.7 Å². The molecule has 0 radical (unpaired) electrons. The van der Waals surface area contributed by atoms with Crippen LogP contribution in [-0.4, -0.2) is 41.1 Å². The highest BCUT2D eigenvalue weighted by molar-refractivity contribution is 6.02. The summed E-state index contributed by atoms with van der Waals surface area (Å²) in [5.74, 6) is 1.64. The molecule has 0 spiro atoms. The molecular formula is C21H23N5O3. The Morgan fingerprint density at radius 2 is 1.83 bits per heavy atom. The lowest BCUT2D eigenvalue weighted by Gasteiger charge is -2.22. The van der Waals surface area contributed by atoms with Crippen LogP contribution < -0.4 is 20.1 Å². The number of amides is 1. The van der Waals surface area contributed by atoms with Crippen molar-refractivity contribution in [3.8, 4) is 17.2 Å². The second-order valence-electron chi connectivity index (χ2n) is 6.80. The molecule has 8 nitrogen and oxygen atoms in total. The number of benzene rings is 2. The van der Waals surface area contributed by atoms with Crippen LogP contribution in [0.25, 0.3) is 0 Å². The summed E-state index contributed by atoms with van der Waals surface area (Å²) in [4.78, 5) is 12.5. The number of methoxy groups -OCH3 is 1. The minimum Gasteiger partial charge on any atom is -0.493 e. The lowest BCUT2D eigenvalue weighted by atomic mass is 10.1. The SMILES string of the molecule is COc1ccccc1Oc1ccc(NC(=O)c2cn(C3CCNCC3)nn2)cc1. The number of nitrogens with zero attached hydrogens (tertiary/aromatic N) is 3. The second kappa shape index (κ2) is 8.74. The lowest BCUT2D eigenvalue weighted by molar-refractivity contribution is 0.102. The van der Waals surface area contributed by atoms with Gasteiger partial charge in [-0.1, -0.05) is 17.3 Å². The predicted octanol–water partition coefficient (Wildman–Crippen LogP) is 3.26. The largest absolute Gasteiger partial charge is 0.493 e. The molecule has 8 heteroatoms. The van der Waals surface area contributed by atoms with Crippen LogP contribution >= 0.6 is 0 Å². The Hall–Kier alpha value is -3.39. The number of hydrogen-bond donors (Lipinski definition) is 2. The molecule has 4 rings (SSSR count). The van der Waals surface area contributed by atoms with E-state index in [0.717, 1.165) is 25.9 Å². The molecule has 150 valence electrons. The Morgan fingerprint density at radius 3 is 2.55 bits per heavy atom. The fraction of sp³-hybridized carbons (Fsp3) is 0.286. The van der Waals surface area contributed by atoms with E-state index in [1.807, 2.05) is 24.3 Å². The number of carbonyl (C=O) groups is 1. The maximum atomic E-state index is 12.5. The van der Waals surface area contributed by atoms with Crippen LogP contribution in [0.4, 0.5) is 5.69 Å². The molecule has 1 aliphatic rings. The number of rotatable bonds is 6. The fourth-order valence-electron chi connectivity index (χ4n) is 3.26. The van der Waals surface area contributed by atoms with Crippen molar-refractivity contribution in [2.45, 2.75) is 18.9 Å².